The molecule has 0 atom stereocenters. The molecule has 0 unspecified atom stereocenters. The van der Waals surface area contributed by atoms with Crippen molar-refractivity contribution >= 4 is 23.2 Å². The average molecular weight is 341 g/mol. The van der Waals surface area contributed by atoms with E-state index in [0.29, 0.717) is 12.1 Å². The minimum atomic E-state index is -0.535. The Hall–Kier alpha value is -2.93. The Morgan fingerprint density at radius 1 is 1.21 bits per heavy atom. The zero-order valence-corrected chi connectivity index (χ0v) is 13.5. The second-order valence-corrected chi connectivity index (χ2v) is 5.98. The standard InChI is InChI=1S/C17H15N3O3S/c21-15(20-10-14-2-1-9-24-14)11-23-17(22)13-5-3-12(4-6-13)16-18-7-8-19-16/h1-9H,10-11H2,(H,18,19)(H,20,21). The van der Waals surface area contributed by atoms with E-state index in [1.54, 1.807) is 48.0 Å². The van der Waals surface area contributed by atoms with E-state index in [4.69, 9.17) is 4.74 Å². The number of nitrogens with zero attached hydrogens (tertiary/aromatic N) is 1. The fourth-order valence-electron chi connectivity index (χ4n) is 2.05. The second kappa shape index (κ2) is 7.56. The predicted octanol–water partition coefficient (Wildman–Crippen LogP) is 2.61. The van der Waals surface area contributed by atoms with Crippen molar-refractivity contribution in [2.24, 2.45) is 0 Å². The van der Waals surface area contributed by atoms with Crippen LogP contribution in [-0.4, -0.2) is 28.5 Å². The summed E-state index contributed by atoms with van der Waals surface area (Å²) in [5.41, 5.74) is 1.25. The van der Waals surface area contributed by atoms with Crippen molar-refractivity contribution in [3.8, 4) is 11.4 Å². The fourth-order valence-corrected chi connectivity index (χ4v) is 2.70. The van der Waals surface area contributed by atoms with Crippen LogP contribution in [0.5, 0.6) is 0 Å². The van der Waals surface area contributed by atoms with Crippen LogP contribution in [0.3, 0.4) is 0 Å². The van der Waals surface area contributed by atoms with Gasteiger partial charge in [-0.3, -0.25) is 4.79 Å². The Bertz CT molecular complexity index is 796. The molecule has 0 saturated heterocycles. The third-order valence-corrected chi connectivity index (χ3v) is 4.14. The number of nitrogens with one attached hydrogen (secondary N) is 2. The number of hydrogen-bond acceptors (Lipinski definition) is 5. The molecule has 3 rings (SSSR count). The maximum absolute atomic E-state index is 12.0. The number of carbonyl (C=O) groups excluding carboxylic acids is 2. The highest BCUT2D eigenvalue weighted by molar-refractivity contribution is 7.09. The maximum Gasteiger partial charge on any atom is 0.338 e. The zero-order valence-electron chi connectivity index (χ0n) is 12.7. The summed E-state index contributed by atoms with van der Waals surface area (Å²) in [5.74, 6) is -0.140. The molecule has 1 amide bonds. The lowest BCUT2D eigenvalue weighted by Gasteiger charge is -2.06. The van der Waals surface area contributed by atoms with E-state index in [1.807, 2.05) is 17.5 Å². The molecule has 2 heterocycles. The Kier molecular flexibility index (Phi) is 5.02. The molecular weight excluding hydrogens is 326 g/mol. The number of thiophene rings is 1. The van der Waals surface area contributed by atoms with Gasteiger partial charge in [0.2, 0.25) is 0 Å². The third kappa shape index (κ3) is 4.08. The van der Waals surface area contributed by atoms with E-state index in [2.05, 4.69) is 15.3 Å². The predicted molar refractivity (Wildman–Crippen MR) is 90.5 cm³/mol. The van der Waals surface area contributed by atoms with Crippen LogP contribution in [0.2, 0.25) is 0 Å². The Morgan fingerprint density at radius 3 is 2.71 bits per heavy atom. The van der Waals surface area contributed by atoms with Crippen molar-refractivity contribution in [3.63, 3.8) is 0 Å². The van der Waals surface area contributed by atoms with Crippen LogP contribution < -0.4 is 5.32 Å². The summed E-state index contributed by atoms with van der Waals surface area (Å²) in [4.78, 5) is 31.8. The van der Waals surface area contributed by atoms with Gasteiger partial charge in [0.05, 0.1) is 12.1 Å². The molecule has 0 bridgehead atoms. The topological polar surface area (TPSA) is 84.1 Å². The molecule has 3 aromatic rings. The first-order valence-corrected chi connectivity index (χ1v) is 8.16. The van der Waals surface area contributed by atoms with Gasteiger partial charge < -0.3 is 15.0 Å². The zero-order chi connectivity index (χ0) is 16.8. The summed E-state index contributed by atoms with van der Waals surface area (Å²) >= 11 is 1.56. The van der Waals surface area contributed by atoms with Crippen molar-refractivity contribution in [1.82, 2.24) is 15.3 Å². The number of hydrogen-bond donors (Lipinski definition) is 2. The Balaban J connectivity index is 1.48. The van der Waals surface area contributed by atoms with Gasteiger partial charge in [0, 0.05) is 22.8 Å². The van der Waals surface area contributed by atoms with Gasteiger partial charge in [-0.15, -0.1) is 11.3 Å². The average Bonchev–Trinajstić information content (AvgIpc) is 3.31. The van der Waals surface area contributed by atoms with E-state index in [1.165, 1.54) is 0 Å². The lowest BCUT2D eigenvalue weighted by molar-refractivity contribution is -0.124. The molecule has 0 fully saturated rings. The first-order chi connectivity index (χ1) is 11.7. The summed E-state index contributed by atoms with van der Waals surface area (Å²) in [6, 6.07) is 10.7. The molecular formula is C17H15N3O3S. The highest BCUT2D eigenvalue weighted by Gasteiger charge is 2.11. The van der Waals surface area contributed by atoms with Gasteiger partial charge in [-0.05, 0) is 23.6 Å². The molecule has 0 aliphatic heterocycles. The molecule has 122 valence electrons. The number of aromatic nitrogens is 2. The number of aromatic amines is 1. The van der Waals surface area contributed by atoms with Crippen molar-refractivity contribution < 1.29 is 14.3 Å². The molecule has 0 radical (unpaired) electrons. The van der Waals surface area contributed by atoms with Gasteiger partial charge in [-0.2, -0.15) is 0 Å². The number of esters is 1. The summed E-state index contributed by atoms with van der Waals surface area (Å²) < 4.78 is 5.02. The van der Waals surface area contributed by atoms with E-state index in [9.17, 15) is 9.59 Å². The molecule has 6 nitrogen and oxygen atoms in total. The third-order valence-electron chi connectivity index (χ3n) is 3.27. The SMILES string of the molecule is O=C(COC(=O)c1ccc(-c2ncc[nH]2)cc1)NCc1cccs1. The first-order valence-electron chi connectivity index (χ1n) is 7.28. The van der Waals surface area contributed by atoms with E-state index >= 15 is 0 Å². The summed E-state index contributed by atoms with van der Waals surface area (Å²) in [6.07, 6.45) is 3.39. The summed E-state index contributed by atoms with van der Waals surface area (Å²) in [6.45, 7) is 0.135. The smallest absolute Gasteiger partial charge is 0.338 e. The van der Waals surface area contributed by atoms with Crippen LogP contribution in [0.25, 0.3) is 11.4 Å². The quantitative estimate of drug-likeness (QED) is 0.675. The van der Waals surface area contributed by atoms with Crippen LogP contribution in [0, 0.1) is 0 Å². The molecule has 1 aromatic carbocycles. The second-order valence-electron chi connectivity index (χ2n) is 4.95. The minimum Gasteiger partial charge on any atom is -0.452 e. The monoisotopic (exact) mass is 341 g/mol. The molecule has 2 N–H and O–H groups in total. The van der Waals surface area contributed by atoms with Gasteiger partial charge in [0.15, 0.2) is 6.61 Å². The van der Waals surface area contributed by atoms with Gasteiger partial charge in [-0.25, -0.2) is 9.78 Å². The normalized spacial score (nSPS) is 10.3. The lowest BCUT2D eigenvalue weighted by Crippen LogP contribution is -2.28. The Labute approximate surface area is 142 Å². The number of benzene rings is 1. The largest absolute Gasteiger partial charge is 0.452 e. The van der Waals surface area contributed by atoms with Crippen LogP contribution in [0.15, 0.2) is 54.2 Å². The number of H-pyrrole nitrogens is 1. The lowest BCUT2D eigenvalue weighted by atomic mass is 10.1. The maximum atomic E-state index is 12.0. The summed E-state index contributed by atoms with van der Waals surface area (Å²) in [5, 5.41) is 4.64. The molecule has 7 heteroatoms. The fraction of sp³-hybridized carbons (Fsp3) is 0.118. The van der Waals surface area contributed by atoms with Crippen molar-refractivity contribution in [1.29, 1.82) is 0 Å². The molecule has 24 heavy (non-hydrogen) atoms. The molecule has 0 aliphatic rings. The van der Waals surface area contributed by atoms with Crippen LogP contribution in [0.1, 0.15) is 15.2 Å². The van der Waals surface area contributed by atoms with Gasteiger partial charge in [-0.1, -0.05) is 18.2 Å². The molecule has 0 saturated carbocycles. The van der Waals surface area contributed by atoms with Crippen LogP contribution in [-0.2, 0) is 16.1 Å². The van der Waals surface area contributed by atoms with E-state index in [0.717, 1.165) is 16.3 Å². The first kappa shape index (κ1) is 15.9. The number of carbonyl (C=O) groups is 2. The number of ether oxygens (including phenoxy) is 1. The van der Waals surface area contributed by atoms with Gasteiger partial charge in [0.1, 0.15) is 5.82 Å². The van der Waals surface area contributed by atoms with Crippen molar-refractivity contribution in [3.05, 3.63) is 64.6 Å². The molecule has 2 aromatic heterocycles. The van der Waals surface area contributed by atoms with Crippen molar-refractivity contribution in [2.45, 2.75) is 6.54 Å². The molecule has 0 spiro atoms. The van der Waals surface area contributed by atoms with Crippen LogP contribution in [0.4, 0.5) is 0 Å². The highest BCUT2D eigenvalue weighted by atomic mass is 32.1. The minimum absolute atomic E-state index is 0.301. The van der Waals surface area contributed by atoms with Gasteiger partial charge in [0.25, 0.3) is 5.91 Å². The van der Waals surface area contributed by atoms with Crippen molar-refractivity contribution in [2.75, 3.05) is 6.61 Å². The van der Waals surface area contributed by atoms with Gasteiger partial charge >= 0.3 is 5.97 Å². The number of imidazole rings is 1. The molecule has 0 aliphatic carbocycles. The van der Waals surface area contributed by atoms with Crippen LogP contribution >= 0.6 is 11.3 Å². The Morgan fingerprint density at radius 2 is 2.04 bits per heavy atom. The number of rotatable bonds is 6. The highest BCUT2D eigenvalue weighted by Crippen LogP contribution is 2.15. The van der Waals surface area contributed by atoms with E-state index in [-0.39, 0.29) is 12.5 Å². The van der Waals surface area contributed by atoms with E-state index < -0.39 is 5.97 Å². The summed E-state index contributed by atoms with van der Waals surface area (Å²) in [7, 11) is 0. The number of amides is 1.